The molecule has 1 unspecified atom stereocenters. The third-order valence-corrected chi connectivity index (χ3v) is 5.05. The van der Waals surface area contributed by atoms with Crippen molar-refractivity contribution in [2.75, 3.05) is 7.11 Å². The summed E-state index contributed by atoms with van der Waals surface area (Å²) in [5.74, 6) is -1.76. The van der Waals surface area contributed by atoms with Crippen molar-refractivity contribution >= 4 is 0 Å². The highest BCUT2D eigenvalue weighted by Crippen LogP contribution is 2.48. The predicted octanol–water partition coefficient (Wildman–Crippen LogP) is 4.37. The number of nitrogens with zero attached hydrogens (tertiary/aromatic N) is 2. The first-order chi connectivity index (χ1) is 15.7. The number of ether oxygens (including phenoxy) is 3. The lowest BCUT2D eigenvalue weighted by atomic mass is 9.83. The fourth-order valence-electron chi connectivity index (χ4n) is 3.52. The topological polar surface area (TPSA) is 106 Å². The number of benzene rings is 2. The molecule has 1 atom stereocenters. The SMILES string of the molecule is COc1cc(C2C(C#N)=C(N)Oc3n[nH]c(C(F)(F)F)c32)ccc1OCc1ccc(F)cc1. The Balaban J connectivity index is 1.73. The van der Waals surface area contributed by atoms with Crippen LogP contribution in [0, 0.1) is 17.1 Å². The first kappa shape index (κ1) is 22.0. The van der Waals surface area contributed by atoms with Gasteiger partial charge in [0, 0.05) is 0 Å². The van der Waals surface area contributed by atoms with Gasteiger partial charge in [-0.15, -0.1) is 5.10 Å². The third-order valence-electron chi connectivity index (χ3n) is 5.05. The number of H-pyrrole nitrogens is 1. The molecule has 3 N–H and O–H groups in total. The summed E-state index contributed by atoms with van der Waals surface area (Å²) in [7, 11) is 1.37. The van der Waals surface area contributed by atoms with Crippen molar-refractivity contribution in [3.05, 3.63) is 82.1 Å². The van der Waals surface area contributed by atoms with E-state index in [1.807, 2.05) is 11.2 Å². The molecular weight excluding hydrogens is 444 g/mol. The number of nitrogens with two attached hydrogens (primary N) is 1. The van der Waals surface area contributed by atoms with E-state index in [4.69, 9.17) is 19.9 Å². The van der Waals surface area contributed by atoms with Crippen molar-refractivity contribution in [2.24, 2.45) is 5.73 Å². The summed E-state index contributed by atoms with van der Waals surface area (Å²) in [6.07, 6.45) is -4.77. The number of nitriles is 1. The molecule has 7 nitrogen and oxygen atoms in total. The second-order valence-electron chi connectivity index (χ2n) is 7.07. The van der Waals surface area contributed by atoms with Crippen LogP contribution in [0.5, 0.6) is 17.4 Å². The van der Waals surface area contributed by atoms with E-state index in [9.17, 15) is 22.8 Å². The monoisotopic (exact) mass is 460 g/mol. The first-order valence-electron chi connectivity index (χ1n) is 9.51. The summed E-state index contributed by atoms with van der Waals surface area (Å²) in [4.78, 5) is 0. The lowest BCUT2D eigenvalue weighted by Crippen LogP contribution is -2.23. The largest absolute Gasteiger partial charge is 0.493 e. The minimum atomic E-state index is -4.77. The number of nitrogens with one attached hydrogen (secondary N) is 1. The molecule has 2 aromatic carbocycles. The number of aromatic nitrogens is 2. The maximum atomic E-state index is 13.6. The molecule has 1 aromatic heterocycles. The van der Waals surface area contributed by atoms with Crippen molar-refractivity contribution in [2.45, 2.75) is 18.7 Å². The van der Waals surface area contributed by atoms with Gasteiger partial charge in [0.15, 0.2) is 11.5 Å². The van der Waals surface area contributed by atoms with Crippen LogP contribution in [0.3, 0.4) is 0 Å². The Morgan fingerprint density at radius 2 is 1.91 bits per heavy atom. The van der Waals surface area contributed by atoms with Gasteiger partial charge in [-0.1, -0.05) is 18.2 Å². The molecule has 11 heteroatoms. The van der Waals surface area contributed by atoms with Gasteiger partial charge in [-0.3, -0.25) is 5.10 Å². The number of rotatable bonds is 5. The average Bonchev–Trinajstić information content (AvgIpc) is 3.21. The fraction of sp³-hybridized carbons (Fsp3) is 0.182. The lowest BCUT2D eigenvalue weighted by molar-refractivity contribution is -0.141. The van der Waals surface area contributed by atoms with Crippen molar-refractivity contribution in [3.63, 3.8) is 0 Å². The van der Waals surface area contributed by atoms with E-state index >= 15 is 0 Å². The standard InChI is InChI=1S/C22H16F4N4O3/c1-31-16-8-12(4-7-15(16)32-10-11-2-5-13(23)6-3-11)17-14(9-27)20(28)33-21-18(17)19(29-30-21)22(24,25)26/h2-8,17H,10,28H2,1H3,(H,29,30). The minimum absolute atomic E-state index is 0.105. The average molecular weight is 460 g/mol. The molecule has 33 heavy (non-hydrogen) atoms. The van der Waals surface area contributed by atoms with E-state index in [0.717, 1.165) is 0 Å². The van der Waals surface area contributed by atoms with Crippen molar-refractivity contribution in [1.29, 1.82) is 5.26 Å². The van der Waals surface area contributed by atoms with Crippen molar-refractivity contribution in [1.82, 2.24) is 10.2 Å². The van der Waals surface area contributed by atoms with E-state index in [0.29, 0.717) is 11.3 Å². The van der Waals surface area contributed by atoms with Crippen LogP contribution in [0.2, 0.25) is 0 Å². The van der Waals surface area contributed by atoms with Gasteiger partial charge in [0.25, 0.3) is 0 Å². The minimum Gasteiger partial charge on any atom is -0.493 e. The summed E-state index contributed by atoms with van der Waals surface area (Å²) in [5, 5.41) is 15.1. The van der Waals surface area contributed by atoms with E-state index in [-0.39, 0.29) is 46.6 Å². The Morgan fingerprint density at radius 3 is 2.55 bits per heavy atom. The van der Waals surface area contributed by atoms with Crippen LogP contribution in [0.15, 0.2) is 53.9 Å². The van der Waals surface area contributed by atoms with Gasteiger partial charge in [-0.05, 0) is 35.4 Å². The van der Waals surface area contributed by atoms with E-state index in [1.165, 1.54) is 37.4 Å². The molecule has 0 amide bonds. The molecule has 1 aliphatic heterocycles. The summed E-state index contributed by atoms with van der Waals surface area (Å²) in [5.41, 5.74) is 5.09. The number of halogens is 4. The van der Waals surface area contributed by atoms with Crippen molar-refractivity contribution in [3.8, 4) is 23.4 Å². The summed E-state index contributed by atoms with van der Waals surface area (Å²) < 4.78 is 70.1. The summed E-state index contributed by atoms with van der Waals surface area (Å²) in [6, 6.07) is 12.0. The van der Waals surface area contributed by atoms with E-state index < -0.39 is 17.8 Å². The number of allylic oxidation sites excluding steroid dienone is 1. The number of hydrogen-bond donors (Lipinski definition) is 2. The van der Waals surface area contributed by atoms with Crippen LogP contribution in [-0.4, -0.2) is 17.3 Å². The molecule has 1 aliphatic rings. The highest BCUT2D eigenvalue weighted by molar-refractivity contribution is 5.58. The van der Waals surface area contributed by atoms with Crippen LogP contribution >= 0.6 is 0 Å². The smallest absolute Gasteiger partial charge is 0.433 e. The van der Waals surface area contributed by atoms with Gasteiger partial charge < -0.3 is 19.9 Å². The zero-order valence-corrected chi connectivity index (χ0v) is 17.0. The third kappa shape index (κ3) is 4.15. The van der Waals surface area contributed by atoms with Gasteiger partial charge in [0.1, 0.15) is 29.8 Å². The van der Waals surface area contributed by atoms with Gasteiger partial charge in [0.2, 0.25) is 11.8 Å². The van der Waals surface area contributed by atoms with Crippen LogP contribution in [0.4, 0.5) is 17.6 Å². The molecule has 0 bridgehead atoms. The highest BCUT2D eigenvalue weighted by atomic mass is 19.4. The molecule has 0 aliphatic carbocycles. The number of methoxy groups -OCH3 is 1. The van der Waals surface area contributed by atoms with Gasteiger partial charge >= 0.3 is 6.18 Å². The maximum absolute atomic E-state index is 13.6. The normalized spacial score (nSPS) is 15.5. The Labute approximate surface area is 185 Å². The maximum Gasteiger partial charge on any atom is 0.433 e. The summed E-state index contributed by atoms with van der Waals surface area (Å²) in [6.45, 7) is 0.105. The molecule has 4 rings (SSSR count). The lowest BCUT2D eigenvalue weighted by Gasteiger charge is -2.25. The second kappa shape index (κ2) is 8.38. The number of fused-ring (bicyclic) bond motifs is 1. The van der Waals surface area contributed by atoms with Crippen molar-refractivity contribution < 1.29 is 31.8 Å². The second-order valence-corrected chi connectivity index (χ2v) is 7.07. The highest BCUT2D eigenvalue weighted by Gasteiger charge is 2.44. The Kier molecular flexibility index (Phi) is 5.59. The Morgan fingerprint density at radius 1 is 1.18 bits per heavy atom. The predicted molar refractivity (Wildman–Crippen MR) is 107 cm³/mol. The zero-order valence-electron chi connectivity index (χ0n) is 17.0. The molecule has 170 valence electrons. The van der Waals surface area contributed by atoms with E-state index in [1.54, 1.807) is 12.1 Å². The van der Waals surface area contributed by atoms with Crippen LogP contribution in [-0.2, 0) is 12.8 Å². The number of aromatic amines is 1. The molecule has 0 saturated heterocycles. The molecule has 0 fully saturated rings. The first-order valence-corrected chi connectivity index (χ1v) is 9.51. The molecule has 0 radical (unpaired) electrons. The van der Waals surface area contributed by atoms with E-state index in [2.05, 4.69) is 5.10 Å². The van der Waals surface area contributed by atoms with Crippen LogP contribution in [0.1, 0.15) is 28.3 Å². The molecule has 0 saturated carbocycles. The molecule has 0 spiro atoms. The van der Waals surface area contributed by atoms with Gasteiger partial charge in [-0.2, -0.15) is 18.4 Å². The summed E-state index contributed by atoms with van der Waals surface area (Å²) >= 11 is 0. The Bertz CT molecular complexity index is 1260. The number of alkyl halides is 3. The van der Waals surface area contributed by atoms with Gasteiger partial charge in [0.05, 0.1) is 18.6 Å². The fourth-order valence-corrected chi connectivity index (χ4v) is 3.52. The van der Waals surface area contributed by atoms with Crippen LogP contribution in [0.25, 0.3) is 0 Å². The van der Waals surface area contributed by atoms with Crippen LogP contribution < -0.4 is 19.9 Å². The molecule has 3 aromatic rings. The Hall–Kier alpha value is -4.20. The molecular formula is C22H16F4N4O3. The zero-order chi connectivity index (χ0) is 23.8. The quantitative estimate of drug-likeness (QED) is 0.548. The molecule has 2 heterocycles. The van der Waals surface area contributed by atoms with Gasteiger partial charge in [-0.25, -0.2) is 4.39 Å². The number of hydrogen-bond acceptors (Lipinski definition) is 6.